The van der Waals surface area contributed by atoms with Gasteiger partial charge >= 0.3 is 0 Å². The first kappa shape index (κ1) is 19.6. The van der Waals surface area contributed by atoms with Gasteiger partial charge in [-0.3, -0.25) is 9.69 Å². The number of anilines is 2. The third-order valence-corrected chi connectivity index (χ3v) is 6.23. The quantitative estimate of drug-likeness (QED) is 0.471. The van der Waals surface area contributed by atoms with Crippen LogP contribution in [0.1, 0.15) is 34.9 Å². The Balaban J connectivity index is 1.84. The molecule has 1 aromatic heterocycles. The van der Waals surface area contributed by atoms with Crippen molar-refractivity contribution >= 4 is 39.8 Å². The lowest BCUT2D eigenvalue weighted by Crippen LogP contribution is -2.24. The average molecular weight is 397 g/mol. The van der Waals surface area contributed by atoms with E-state index >= 15 is 0 Å². The van der Waals surface area contributed by atoms with Crippen molar-refractivity contribution in [3.63, 3.8) is 0 Å². The first-order valence-electron chi connectivity index (χ1n) is 8.87. The Hall–Kier alpha value is -2.11. The predicted octanol–water partition coefficient (Wildman–Crippen LogP) is 6.35. The zero-order chi connectivity index (χ0) is 19.6. The number of thiazole rings is 1. The Kier molecular flexibility index (Phi) is 6.02. The third-order valence-electron chi connectivity index (χ3n) is 4.31. The minimum absolute atomic E-state index is 0.0165. The van der Waals surface area contributed by atoms with Crippen LogP contribution in [0.5, 0.6) is 0 Å². The van der Waals surface area contributed by atoms with Gasteiger partial charge < -0.3 is 0 Å². The van der Waals surface area contributed by atoms with E-state index in [1.54, 1.807) is 23.6 Å². The smallest absolute Gasteiger partial charge is 0.230 e. The summed E-state index contributed by atoms with van der Waals surface area (Å²) in [6, 6.07) is 12.7. The molecular weight excluding hydrogens is 372 g/mol. The fraction of sp³-hybridized carbons (Fsp3) is 0.273. The molecule has 0 unspecified atom stereocenters. The number of carbonyl (C=O) groups excluding carboxylic acids is 1. The molecule has 0 saturated heterocycles. The lowest BCUT2D eigenvalue weighted by molar-refractivity contribution is -0.115. The summed E-state index contributed by atoms with van der Waals surface area (Å²) in [6.45, 7) is 9.86. The fourth-order valence-corrected chi connectivity index (χ4v) is 4.94. The number of thioether (sulfide) groups is 1. The van der Waals surface area contributed by atoms with Crippen LogP contribution in [-0.2, 0) is 10.5 Å². The molecule has 0 aliphatic carbocycles. The molecule has 3 aromatic rings. The van der Waals surface area contributed by atoms with Gasteiger partial charge in [0.1, 0.15) is 0 Å². The van der Waals surface area contributed by atoms with Crippen LogP contribution in [0.4, 0.5) is 10.8 Å². The Morgan fingerprint density at radius 1 is 1.04 bits per heavy atom. The first-order valence-corrected chi connectivity index (χ1v) is 10.7. The number of nitrogens with zero attached hydrogens (tertiary/aromatic N) is 2. The molecule has 2 aromatic carbocycles. The summed E-state index contributed by atoms with van der Waals surface area (Å²) in [6.07, 6.45) is 0. The Labute approximate surface area is 169 Å². The zero-order valence-electron chi connectivity index (χ0n) is 16.4. The Morgan fingerprint density at radius 3 is 2.26 bits per heavy atom. The molecule has 0 N–H and O–H groups in total. The molecule has 0 atom stereocenters. The highest BCUT2D eigenvalue weighted by molar-refractivity contribution is 7.98. The SMILES string of the molecule is CC(=O)N(c1nc(CSc2ccc(C)cc2)cs1)c1c(C)cc(C)cc1C. The molecule has 140 valence electrons. The summed E-state index contributed by atoms with van der Waals surface area (Å²) in [7, 11) is 0. The van der Waals surface area contributed by atoms with E-state index in [1.165, 1.54) is 27.4 Å². The van der Waals surface area contributed by atoms with Crippen molar-refractivity contribution in [2.24, 2.45) is 0 Å². The van der Waals surface area contributed by atoms with Crippen LogP contribution in [0.3, 0.4) is 0 Å². The van der Waals surface area contributed by atoms with Crippen LogP contribution >= 0.6 is 23.1 Å². The van der Waals surface area contributed by atoms with Crippen molar-refractivity contribution in [3.05, 3.63) is 69.7 Å². The lowest BCUT2D eigenvalue weighted by Gasteiger charge is -2.23. The predicted molar refractivity (Wildman–Crippen MR) is 116 cm³/mol. The molecule has 0 aliphatic heterocycles. The van der Waals surface area contributed by atoms with Crippen molar-refractivity contribution in [1.29, 1.82) is 0 Å². The van der Waals surface area contributed by atoms with Crippen molar-refractivity contribution in [1.82, 2.24) is 4.98 Å². The van der Waals surface area contributed by atoms with Gasteiger partial charge in [0.25, 0.3) is 0 Å². The van der Waals surface area contributed by atoms with Gasteiger partial charge in [-0.25, -0.2) is 4.98 Å². The standard InChI is InChI=1S/C22H24N2OS2/c1-14-6-8-20(9-7-14)26-12-19-13-27-22(23-19)24(18(5)25)21-16(3)10-15(2)11-17(21)4/h6-11,13H,12H2,1-5H3. The topological polar surface area (TPSA) is 33.2 Å². The van der Waals surface area contributed by atoms with Gasteiger partial charge in [0.2, 0.25) is 5.91 Å². The molecule has 1 heterocycles. The van der Waals surface area contributed by atoms with Gasteiger partial charge in [0.05, 0.1) is 11.4 Å². The Bertz CT molecular complexity index is 938. The maximum atomic E-state index is 12.4. The van der Waals surface area contributed by atoms with Gasteiger partial charge in [0, 0.05) is 23.0 Å². The highest BCUT2D eigenvalue weighted by Gasteiger charge is 2.21. The van der Waals surface area contributed by atoms with Gasteiger partial charge in [-0.1, -0.05) is 35.4 Å². The van der Waals surface area contributed by atoms with E-state index in [4.69, 9.17) is 4.98 Å². The van der Waals surface area contributed by atoms with Crippen LogP contribution in [0, 0.1) is 27.7 Å². The lowest BCUT2D eigenvalue weighted by atomic mass is 10.0. The Morgan fingerprint density at radius 2 is 1.67 bits per heavy atom. The maximum absolute atomic E-state index is 12.4. The van der Waals surface area contributed by atoms with Crippen LogP contribution < -0.4 is 4.90 Å². The molecule has 1 amide bonds. The van der Waals surface area contributed by atoms with Gasteiger partial charge in [0.15, 0.2) is 5.13 Å². The summed E-state index contributed by atoms with van der Waals surface area (Å²) in [4.78, 5) is 20.2. The van der Waals surface area contributed by atoms with Crippen molar-refractivity contribution in [2.45, 2.75) is 45.3 Å². The summed E-state index contributed by atoms with van der Waals surface area (Å²) < 4.78 is 0. The third kappa shape index (κ3) is 4.60. The summed E-state index contributed by atoms with van der Waals surface area (Å²) in [5.41, 5.74) is 6.58. The molecule has 3 rings (SSSR count). The number of carbonyl (C=O) groups is 1. The number of benzene rings is 2. The van der Waals surface area contributed by atoms with E-state index in [0.717, 1.165) is 33.4 Å². The fourth-order valence-electron chi connectivity index (χ4n) is 3.17. The van der Waals surface area contributed by atoms with Crippen LogP contribution in [0.25, 0.3) is 0 Å². The van der Waals surface area contributed by atoms with Gasteiger partial charge in [-0.15, -0.1) is 23.1 Å². The largest absolute Gasteiger partial charge is 0.274 e. The van der Waals surface area contributed by atoms with E-state index in [0.29, 0.717) is 0 Å². The number of amides is 1. The molecule has 0 saturated carbocycles. The minimum Gasteiger partial charge on any atom is -0.274 e. The number of aromatic nitrogens is 1. The van der Waals surface area contributed by atoms with Crippen LogP contribution in [0.2, 0.25) is 0 Å². The number of hydrogen-bond donors (Lipinski definition) is 0. The highest BCUT2D eigenvalue weighted by Crippen LogP contribution is 2.35. The van der Waals surface area contributed by atoms with E-state index in [-0.39, 0.29) is 5.91 Å². The second-order valence-corrected chi connectivity index (χ2v) is 8.71. The summed E-state index contributed by atoms with van der Waals surface area (Å²) >= 11 is 3.28. The van der Waals surface area contributed by atoms with E-state index < -0.39 is 0 Å². The number of rotatable bonds is 5. The minimum atomic E-state index is -0.0165. The molecule has 0 fully saturated rings. The monoisotopic (exact) mass is 396 g/mol. The number of aryl methyl sites for hydroxylation is 4. The van der Waals surface area contributed by atoms with Gasteiger partial charge in [-0.2, -0.15) is 0 Å². The molecular formula is C22H24N2OS2. The molecule has 27 heavy (non-hydrogen) atoms. The summed E-state index contributed by atoms with van der Waals surface area (Å²) in [5.74, 6) is 0.772. The normalized spacial score (nSPS) is 10.9. The first-order chi connectivity index (χ1) is 12.8. The molecule has 0 bridgehead atoms. The average Bonchev–Trinajstić information content (AvgIpc) is 3.05. The van der Waals surface area contributed by atoms with Crippen molar-refractivity contribution < 1.29 is 4.79 Å². The molecule has 0 aliphatic rings. The van der Waals surface area contributed by atoms with E-state index in [2.05, 4.69) is 50.2 Å². The van der Waals surface area contributed by atoms with Crippen LogP contribution in [0.15, 0.2) is 46.7 Å². The molecule has 3 nitrogen and oxygen atoms in total. The van der Waals surface area contributed by atoms with Crippen molar-refractivity contribution in [3.8, 4) is 0 Å². The second kappa shape index (κ2) is 8.28. The second-order valence-electron chi connectivity index (χ2n) is 6.82. The maximum Gasteiger partial charge on any atom is 0.230 e. The molecule has 0 spiro atoms. The molecule has 0 radical (unpaired) electrons. The van der Waals surface area contributed by atoms with E-state index in [1.807, 2.05) is 19.2 Å². The summed E-state index contributed by atoms with van der Waals surface area (Å²) in [5, 5.41) is 2.78. The molecule has 5 heteroatoms. The van der Waals surface area contributed by atoms with Gasteiger partial charge in [-0.05, 0) is 51.0 Å². The zero-order valence-corrected chi connectivity index (χ0v) is 18.0. The number of hydrogen-bond acceptors (Lipinski definition) is 4. The highest BCUT2D eigenvalue weighted by atomic mass is 32.2. The van der Waals surface area contributed by atoms with E-state index in [9.17, 15) is 4.79 Å². The van der Waals surface area contributed by atoms with Crippen LogP contribution in [-0.4, -0.2) is 10.9 Å². The van der Waals surface area contributed by atoms with Crippen molar-refractivity contribution in [2.75, 3.05) is 4.90 Å².